The zero-order valence-electron chi connectivity index (χ0n) is 14.1. The van der Waals surface area contributed by atoms with Crippen LogP contribution in [0.1, 0.15) is 31.1 Å². The van der Waals surface area contributed by atoms with Gasteiger partial charge in [0.25, 0.3) is 0 Å². The molecule has 2 aliphatic heterocycles. The minimum Gasteiger partial charge on any atom is -0.456 e. The molecule has 1 fully saturated rings. The summed E-state index contributed by atoms with van der Waals surface area (Å²) in [7, 11) is -3.39. The Kier molecular flexibility index (Phi) is 4.30. The third-order valence-electron chi connectivity index (χ3n) is 4.93. The molecule has 3 heterocycles. The van der Waals surface area contributed by atoms with Gasteiger partial charge in [-0.25, -0.2) is 8.42 Å². The van der Waals surface area contributed by atoms with Gasteiger partial charge in [0.1, 0.15) is 11.3 Å². The number of sulfonamides is 1. The Morgan fingerprint density at radius 1 is 1.32 bits per heavy atom. The van der Waals surface area contributed by atoms with Crippen LogP contribution in [0.15, 0.2) is 22.0 Å². The average molecular weight is 381 g/mol. The lowest BCUT2D eigenvalue weighted by molar-refractivity contribution is 0.486. The molecule has 0 radical (unpaired) electrons. The van der Waals surface area contributed by atoms with E-state index >= 15 is 0 Å². The average Bonchev–Trinajstić information content (AvgIpc) is 3.18. The molecule has 1 unspecified atom stereocenters. The molecule has 1 aromatic heterocycles. The molecule has 7 heteroatoms. The fraction of sp³-hybridized carbons (Fsp3) is 0.444. The molecular weight excluding hydrogens is 360 g/mol. The number of hydrogen-bond donors (Lipinski definition) is 1. The largest absolute Gasteiger partial charge is 0.456 e. The second-order valence-corrected chi connectivity index (χ2v) is 9.11. The van der Waals surface area contributed by atoms with E-state index in [9.17, 15) is 8.42 Å². The molecule has 25 heavy (non-hydrogen) atoms. The molecule has 0 spiro atoms. The van der Waals surface area contributed by atoms with Crippen LogP contribution in [0.25, 0.3) is 17.0 Å². The first-order valence-electron chi connectivity index (χ1n) is 8.61. The number of hydrogen-bond acceptors (Lipinski definition) is 4. The van der Waals surface area contributed by atoms with Crippen LogP contribution in [0, 0.1) is 5.92 Å². The number of rotatable bonds is 3. The fourth-order valence-corrected chi connectivity index (χ4v) is 5.09. The number of halogens is 1. The molecule has 5 nitrogen and oxygen atoms in total. The maximum absolute atomic E-state index is 12.5. The lowest BCUT2D eigenvalue weighted by Gasteiger charge is -2.11. The van der Waals surface area contributed by atoms with Crippen molar-refractivity contribution in [2.45, 2.75) is 26.2 Å². The molecule has 1 atom stereocenters. The number of nitrogens with one attached hydrogen (secondary N) is 1. The smallest absolute Gasteiger partial charge is 0.236 e. The van der Waals surface area contributed by atoms with Crippen LogP contribution >= 0.6 is 11.6 Å². The summed E-state index contributed by atoms with van der Waals surface area (Å²) < 4.78 is 32.4. The standard InChI is InChI=1S/C18H21ClN2O3S/c1-12-10-13-15(6-9-25(22,23)21-7-2-3-8-21)24-16-5-4-14(19)18(17(13)16)20-11-12/h4-6,9,12,20H,2-3,7-8,10-11H2,1H3. The summed E-state index contributed by atoms with van der Waals surface area (Å²) in [6.07, 6.45) is 4.26. The van der Waals surface area contributed by atoms with Crippen molar-refractivity contribution in [1.29, 1.82) is 0 Å². The Morgan fingerprint density at radius 2 is 2.08 bits per heavy atom. The van der Waals surface area contributed by atoms with Crippen molar-refractivity contribution < 1.29 is 12.8 Å². The molecule has 2 aliphatic rings. The van der Waals surface area contributed by atoms with Gasteiger partial charge in [-0.05, 0) is 43.4 Å². The second-order valence-electron chi connectivity index (χ2n) is 6.88. The van der Waals surface area contributed by atoms with Gasteiger partial charge >= 0.3 is 0 Å². The van der Waals surface area contributed by atoms with E-state index in [2.05, 4.69) is 12.2 Å². The molecule has 4 rings (SSSR count). The molecule has 1 N–H and O–H groups in total. The summed E-state index contributed by atoms with van der Waals surface area (Å²) in [4.78, 5) is 0. The van der Waals surface area contributed by atoms with Crippen LogP contribution in [-0.4, -0.2) is 32.4 Å². The van der Waals surface area contributed by atoms with Crippen molar-refractivity contribution in [2.75, 3.05) is 25.0 Å². The first kappa shape index (κ1) is 16.9. The molecular formula is C18H21ClN2O3S. The third-order valence-corrected chi connectivity index (χ3v) is 6.81. The van der Waals surface area contributed by atoms with Gasteiger partial charge in [0.05, 0.1) is 10.7 Å². The van der Waals surface area contributed by atoms with E-state index in [0.29, 0.717) is 29.8 Å². The SMILES string of the molecule is CC1CNc2c(Cl)ccc3oc(C=CS(=O)(=O)N4CCCC4)c(c23)C1. The molecule has 2 aromatic rings. The number of nitrogens with zero attached hydrogens (tertiary/aromatic N) is 1. The summed E-state index contributed by atoms with van der Waals surface area (Å²) in [6.45, 7) is 4.17. The molecule has 0 saturated carbocycles. The predicted molar refractivity (Wildman–Crippen MR) is 101 cm³/mol. The Labute approximate surface area is 152 Å². The first-order chi connectivity index (χ1) is 12.0. The van der Waals surface area contributed by atoms with E-state index in [1.165, 1.54) is 9.71 Å². The molecule has 0 aliphatic carbocycles. The van der Waals surface area contributed by atoms with E-state index in [4.69, 9.17) is 16.0 Å². The normalized spacial score (nSPS) is 21.8. The summed E-state index contributed by atoms with van der Waals surface area (Å²) in [5.74, 6) is 1.00. The molecule has 1 aromatic carbocycles. The Hall–Kier alpha value is -1.50. The van der Waals surface area contributed by atoms with Gasteiger partial charge < -0.3 is 9.73 Å². The second kappa shape index (κ2) is 6.34. The quantitative estimate of drug-likeness (QED) is 0.871. The molecule has 134 valence electrons. The topological polar surface area (TPSA) is 62.6 Å². The van der Waals surface area contributed by atoms with E-state index in [1.54, 1.807) is 6.08 Å². The van der Waals surface area contributed by atoms with E-state index < -0.39 is 10.0 Å². The van der Waals surface area contributed by atoms with Crippen LogP contribution in [0.2, 0.25) is 5.02 Å². The van der Waals surface area contributed by atoms with Gasteiger partial charge in [-0.3, -0.25) is 0 Å². The number of furan rings is 1. The Balaban J connectivity index is 1.79. The Bertz CT molecular complexity index is 943. The van der Waals surface area contributed by atoms with Crippen molar-refractivity contribution >= 4 is 44.4 Å². The van der Waals surface area contributed by atoms with E-state index in [-0.39, 0.29) is 0 Å². The zero-order chi connectivity index (χ0) is 17.6. The Morgan fingerprint density at radius 3 is 2.84 bits per heavy atom. The minimum atomic E-state index is -3.39. The maximum atomic E-state index is 12.5. The maximum Gasteiger partial charge on any atom is 0.236 e. The van der Waals surface area contributed by atoms with Crippen molar-refractivity contribution in [1.82, 2.24) is 4.31 Å². The molecule has 0 amide bonds. The third kappa shape index (κ3) is 3.07. The van der Waals surface area contributed by atoms with Gasteiger partial charge in [-0.15, -0.1) is 0 Å². The highest BCUT2D eigenvalue weighted by molar-refractivity contribution is 7.92. The number of anilines is 1. The van der Waals surface area contributed by atoms with Gasteiger partial charge in [0.2, 0.25) is 10.0 Å². The predicted octanol–water partition coefficient (Wildman–Crippen LogP) is 4.09. The van der Waals surface area contributed by atoms with Gasteiger partial charge in [-0.2, -0.15) is 4.31 Å². The van der Waals surface area contributed by atoms with Crippen molar-refractivity contribution in [2.24, 2.45) is 5.92 Å². The van der Waals surface area contributed by atoms with Crippen LogP contribution in [0.3, 0.4) is 0 Å². The van der Waals surface area contributed by atoms with E-state index in [1.807, 2.05) is 12.1 Å². The molecule has 1 saturated heterocycles. The minimum absolute atomic E-state index is 0.395. The van der Waals surface area contributed by atoms with Gasteiger partial charge in [-0.1, -0.05) is 18.5 Å². The lowest BCUT2D eigenvalue weighted by Crippen LogP contribution is -2.25. The lowest BCUT2D eigenvalue weighted by atomic mass is 10.00. The summed E-state index contributed by atoms with van der Waals surface area (Å²) in [5, 5.41) is 6.29. The van der Waals surface area contributed by atoms with E-state index in [0.717, 1.165) is 48.0 Å². The van der Waals surface area contributed by atoms with Crippen molar-refractivity contribution in [3.63, 3.8) is 0 Å². The highest BCUT2D eigenvalue weighted by atomic mass is 35.5. The monoisotopic (exact) mass is 380 g/mol. The molecule has 0 bridgehead atoms. The van der Waals surface area contributed by atoms with Crippen molar-refractivity contribution in [3.8, 4) is 0 Å². The first-order valence-corrected chi connectivity index (χ1v) is 10.5. The van der Waals surface area contributed by atoms with Crippen LogP contribution in [-0.2, 0) is 16.4 Å². The zero-order valence-corrected chi connectivity index (χ0v) is 15.7. The van der Waals surface area contributed by atoms with Crippen LogP contribution in [0.4, 0.5) is 5.69 Å². The van der Waals surface area contributed by atoms with Gasteiger partial charge in [0.15, 0.2) is 0 Å². The fourth-order valence-electron chi connectivity index (χ4n) is 3.63. The highest BCUT2D eigenvalue weighted by Gasteiger charge is 2.25. The summed E-state index contributed by atoms with van der Waals surface area (Å²) in [6, 6.07) is 3.65. The summed E-state index contributed by atoms with van der Waals surface area (Å²) >= 11 is 6.35. The van der Waals surface area contributed by atoms with Crippen molar-refractivity contribution in [3.05, 3.63) is 33.9 Å². The number of benzene rings is 1. The highest BCUT2D eigenvalue weighted by Crippen LogP contribution is 2.40. The van der Waals surface area contributed by atoms with Crippen LogP contribution in [0.5, 0.6) is 0 Å². The van der Waals surface area contributed by atoms with Crippen LogP contribution < -0.4 is 5.32 Å². The van der Waals surface area contributed by atoms with Gasteiger partial charge in [0, 0.05) is 36.0 Å². The summed E-state index contributed by atoms with van der Waals surface area (Å²) in [5.41, 5.74) is 2.64.